The van der Waals surface area contributed by atoms with Crippen LogP contribution in [-0.2, 0) is 5.41 Å². The predicted octanol–water partition coefficient (Wildman–Crippen LogP) is 4.87. The molecule has 0 aromatic heterocycles. The Labute approximate surface area is 121 Å². The summed E-state index contributed by atoms with van der Waals surface area (Å²) in [6, 6.07) is 19.8. The quantitative estimate of drug-likeness (QED) is 0.721. The summed E-state index contributed by atoms with van der Waals surface area (Å²) >= 11 is 0. The Balaban J connectivity index is 2.42. The molecule has 0 fully saturated rings. The minimum atomic E-state index is -0.476. The predicted molar refractivity (Wildman–Crippen MR) is 84.0 cm³/mol. The van der Waals surface area contributed by atoms with Crippen LogP contribution in [0.25, 0.3) is 0 Å². The van der Waals surface area contributed by atoms with Gasteiger partial charge < -0.3 is 0 Å². The Bertz CT molecular complexity index is 580. The van der Waals surface area contributed by atoms with E-state index in [1.54, 1.807) is 0 Å². The average Bonchev–Trinajstić information content (AvgIpc) is 2.48. The summed E-state index contributed by atoms with van der Waals surface area (Å²) in [5, 5.41) is 0. The summed E-state index contributed by atoms with van der Waals surface area (Å²) in [5.74, 6) is 0.187. The molecule has 0 bridgehead atoms. The summed E-state index contributed by atoms with van der Waals surface area (Å²) < 4.78 is 0. The van der Waals surface area contributed by atoms with Crippen molar-refractivity contribution in [1.82, 2.24) is 0 Å². The summed E-state index contributed by atoms with van der Waals surface area (Å²) in [5.41, 5.74) is 1.26. The van der Waals surface area contributed by atoms with Crippen molar-refractivity contribution >= 4 is 5.78 Å². The second-order valence-corrected chi connectivity index (χ2v) is 6.31. The van der Waals surface area contributed by atoms with E-state index in [1.165, 1.54) is 5.56 Å². The molecule has 0 unspecified atom stereocenters. The highest BCUT2D eigenvalue weighted by Gasteiger charge is 2.44. The summed E-state index contributed by atoms with van der Waals surface area (Å²) in [6.07, 6.45) is 0. The number of hydrogen-bond acceptors (Lipinski definition) is 1. The van der Waals surface area contributed by atoms with E-state index in [2.05, 4.69) is 26.0 Å². The molecule has 2 aromatic rings. The SMILES string of the molecule is CC(C)(C(=O)c1ccccc1)C(C)(C)c1ccccc1. The van der Waals surface area contributed by atoms with Crippen LogP contribution in [0, 0.1) is 5.41 Å². The maximum absolute atomic E-state index is 12.9. The van der Waals surface area contributed by atoms with E-state index in [-0.39, 0.29) is 11.2 Å². The standard InChI is InChI=1S/C19H22O/c1-18(2,16-13-9-6-10-14-16)19(3,4)17(20)15-11-7-5-8-12-15/h5-14H,1-4H3. The van der Waals surface area contributed by atoms with Crippen LogP contribution in [0.2, 0.25) is 0 Å². The third kappa shape index (κ3) is 2.40. The van der Waals surface area contributed by atoms with Gasteiger partial charge in [0.1, 0.15) is 0 Å². The first-order chi connectivity index (χ1) is 9.37. The van der Waals surface area contributed by atoms with Gasteiger partial charge in [-0.15, -0.1) is 0 Å². The normalized spacial score (nSPS) is 12.2. The Morgan fingerprint density at radius 2 is 1.20 bits per heavy atom. The summed E-state index contributed by atoms with van der Waals surface area (Å²) in [6.45, 7) is 8.36. The van der Waals surface area contributed by atoms with Gasteiger partial charge in [-0.1, -0.05) is 88.4 Å². The van der Waals surface area contributed by atoms with Crippen molar-refractivity contribution in [3.63, 3.8) is 0 Å². The molecule has 0 atom stereocenters. The maximum atomic E-state index is 12.9. The minimum Gasteiger partial charge on any atom is -0.294 e. The minimum absolute atomic E-state index is 0.187. The van der Waals surface area contributed by atoms with Gasteiger partial charge >= 0.3 is 0 Å². The molecule has 0 amide bonds. The Morgan fingerprint density at radius 3 is 1.70 bits per heavy atom. The number of Topliss-reactive ketones (excluding diaryl/α,β-unsaturated/α-hetero) is 1. The largest absolute Gasteiger partial charge is 0.294 e. The lowest BCUT2D eigenvalue weighted by Crippen LogP contribution is -2.43. The van der Waals surface area contributed by atoms with Crippen molar-refractivity contribution < 1.29 is 4.79 Å². The third-order valence-corrected chi connectivity index (χ3v) is 4.66. The smallest absolute Gasteiger partial charge is 0.169 e. The fourth-order valence-corrected chi connectivity index (χ4v) is 2.45. The van der Waals surface area contributed by atoms with Crippen molar-refractivity contribution in [3.05, 3.63) is 71.8 Å². The monoisotopic (exact) mass is 266 g/mol. The molecule has 0 aliphatic rings. The first-order valence-corrected chi connectivity index (χ1v) is 7.03. The van der Waals surface area contributed by atoms with Crippen LogP contribution < -0.4 is 0 Å². The Morgan fingerprint density at radius 1 is 0.750 bits per heavy atom. The van der Waals surface area contributed by atoms with Crippen LogP contribution in [0.1, 0.15) is 43.6 Å². The molecule has 0 aliphatic heterocycles. The molecule has 0 radical (unpaired) electrons. The van der Waals surface area contributed by atoms with Gasteiger partial charge in [-0.05, 0) is 5.56 Å². The van der Waals surface area contributed by atoms with Gasteiger partial charge in [0.2, 0.25) is 0 Å². The highest BCUT2D eigenvalue weighted by molar-refractivity contribution is 6.01. The molecule has 2 aromatic carbocycles. The lowest BCUT2D eigenvalue weighted by Gasteiger charge is -2.41. The van der Waals surface area contributed by atoms with Crippen LogP contribution in [0.15, 0.2) is 60.7 Å². The van der Waals surface area contributed by atoms with Gasteiger partial charge in [0, 0.05) is 16.4 Å². The lowest BCUT2D eigenvalue weighted by atomic mass is 9.61. The Kier molecular flexibility index (Phi) is 3.80. The summed E-state index contributed by atoms with van der Waals surface area (Å²) in [4.78, 5) is 12.9. The number of benzene rings is 2. The molecule has 20 heavy (non-hydrogen) atoms. The molecular formula is C19H22O. The van der Waals surface area contributed by atoms with Gasteiger partial charge in [-0.25, -0.2) is 0 Å². The zero-order valence-corrected chi connectivity index (χ0v) is 12.7. The van der Waals surface area contributed by atoms with Crippen molar-refractivity contribution in [2.24, 2.45) is 5.41 Å². The molecular weight excluding hydrogens is 244 g/mol. The van der Waals surface area contributed by atoms with Gasteiger partial charge in [-0.2, -0.15) is 0 Å². The van der Waals surface area contributed by atoms with E-state index in [0.717, 1.165) is 5.56 Å². The molecule has 104 valence electrons. The van der Waals surface area contributed by atoms with E-state index in [1.807, 2.05) is 62.4 Å². The molecule has 1 heteroatoms. The van der Waals surface area contributed by atoms with Crippen molar-refractivity contribution in [3.8, 4) is 0 Å². The highest BCUT2D eigenvalue weighted by Crippen LogP contribution is 2.43. The molecule has 0 spiro atoms. The molecule has 2 rings (SSSR count). The Hall–Kier alpha value is -1.89. The number of hydrogen-bond donors (Lipinski definition) is 0. The number of carbonyl (C=O) groups is 1. The second kappa shape index (κ2) is 5.24. The van der Waals surface area contributed by atoms with E-state index in [4.69, 9.17) is 0 Å². The molecule has 0 heterocycles. The van der Waals surface area contributed by atoms with Gasteiger partial charge in [0.05, 0.1) is 0 Å². The van der Waals surface area contributed by atoms with Gasteiger partial charge in [0.15, 0.2) is 5.78 Å². The number of rotatable bonds is 4. The van der Waals surface area contributed by atoms with Crippen LogP contribution in [0.3, 0.4) is 0 Å². The maximum Gasteiger partial charge on any atom is 0.169 e. The van der Waals surface area contributed by atoms with Crippen LogP contribution in [0.4, 0.5) is 0 Å². The first kappa shape index (κ1) is 14.5. The van der Waals surface area contributed by atoms with Crippen LogP contribution in [-0.4, -0.2) is 5.78 Å². The molecule has 0 saturated heterocycles. The fraction of sp³-hybridized carbons (Fsp3) is 0.316. The van der Waals surface area contributed by atoms with Crippen LogP contribution in [0.5, 0.6) is 0 Å². The number of carbonyl (C=O) groups excluding carboxylic acids is 1. The molecule has 0 N–H and O–H groups in total. The van der Waals surface area contributed by atoms with E-state index < -0.39 is 5.41 Å². The van der Waals surface area contributed by atoms with Crippen molar-refractivity contribution in [2.45, 2.75) is 33.1 Å². The van der Waals surface area contributed by atoms with E-state index >= 15 is 0 Å². The summed E-state index contributed by atoms with van der Waals surface area (Å²) in [7, 11) is 0. The average molecular weight is 266 g/mol. The van der Waals surface area contributed by atoms with Crippen LogP contribution >= 0.6 is 0 Å². The third-order valence-electron chi connectivity index (χ3n) is 4.66. The first-order valence-electron chi connectivity index (χ1n) is 7.03. The topological polar surface area (TPSA) is 17.1 Å². The lowest BCUT2D eigenvalue weighted by molar-refractivity contribution is 0.0724. The molecule has 1 nitrogen and oxygen atoms in total. The van der Waals surface area contributed by atoms with Gasteiger partial charge in [-0.3, -0.25) is 4.79 Å². The second-order valence-electron chi connectivity index (χ2n) is 6.31. The fourth-order valence-electron chi connectivity index (χ4n) is 2.45. The van der Waals surface area contributed by atoms with Crippen molar-refractivity contribution in [2.75, 3.05) is 0 Å². The van der Waals surface area contributed by atoms with Crippen molar-refractivity contribution in [1.29, 1.82) is 0 Å². The zero-order valence-electron chi connectivity index (χ0n) is 12.7. The molecule has 0 aliphatic carbocycles. The van der Waals surface area contributed by atoms with E-state index in [9.17, 15) is 4.79 Å². The van der Waals surface area contributed by atoms with E-state index in [0.29, 0.717) is 0 Å². The highest BCUT2D eigenvalue weighted by atomic mass is 16.1. The number of ketones is 1. The van der Waals surface area contributed by atoms with Gasteiger partial charge in [0.25, 0.3) is 0 Å². The molecule has 0 saturated carbocycles. The zero-order chi connectivity index (χ0) is 14.8.